The highest BCUT2D eigenvalue weighted by atomic mass is 16.5. The van der Waals surface area contributed by atoms with Crippen LogP contribution in [0.25, 0.3) is 22.2 Å². The molecular formula is C19H21N3O2. The first kappa shape index (κ1) is 16.1. The minimum Gasteiger partial charge on any atom is -0.385 e. The van der Waals surface area contributed by atoms with Gasteiger partial charge in [0.1, 0.15) is 0 Å². The zero-order valence-electron chi connectivity index (χ0n) is 13.6. The third-order valence-corrected chi connectivity index (χ3v) is 3.82. The molecule has 3 aromatic rings. The Morgan fingerprint density at radius 3 is 2.62 bits per heavy atom. The second-order valence-corrected chi connectivity index (χ2v) is 5.51. The second-order valence-electron chi connectivity index (χ2n) is 5.51. The van der Waals surface area contributed by atoms with Crippen molar-refractivity contribution in [1.29, 1.82) is 0 Å². The van der Waals surface area contributed by atoms with Gasteiger partial charge in [0, 0.05) is 36.7 Å². The number of anilines is 1. The summed E-state index contributed by atoms with van der Waals surface area (Å²) in [5, 5.41) is 6.83. The van der Waals surface area contributed by atoms with E-state index in [2.05, 4.69) is 15.6 Å². The molecule has 3 rings (SSSR count). The van der Waals surface area contributed by atoms with Crippen LogP contribution in [-0.4, -0.2) is 31.3 Å². The standard InChI is InChI=1S/C19H21N3O2/c1-24-13-7-12-20-19(23)22-18-15-10-5-6-11-16(15)21-17(18)14-8-3-2-4-9-14/h2-6,8-11,21H,7,12-13H2,1H3,(H2,20,22,23). The van der Waals surface area contributed by atoms with Gasteiger partial charge in [-0.3, -0.25) is 0 Å². The molecule has 1 heterocycles. The highest BCUT2D eigenvalue weighted by Crippen LogP contribution is 2.34. The molecule has 1 aromatic heterocycles. The molecule has 0 saturated heterocycles. The molecule has 5 heteroatoms. The molecule has 0 fully saturated rings. The fraction of sp³-hybridized carbons (Fsp3) is 0.211. The molecule has 0 atom stereocenters. The van der Waals surface area contributed by atoms with E-state index in [-0.39, 0.29) is 6.03 Å². The number of urea groups is 1. The quantitative estimate of drug-likeness (QED) is 0.600. The van der Waals surface area contributed by atoms with E-state index in [4.69, 9.17) is 4.74 Å². The molecule has 2 amide bonds. The van der Waals surface area contributed by atoms with Crippen molar-refractivity contribution < 1.29 is 9.53 Å². The second kappa shape index (κ2) is 7.66. The van der Waals surface area contributed by atoms with Gasteiger partial charge in [-0.15, -0.1) is 0 Å². The minimum atomic E-state index is -0.215. The van der Waals surface area contributed by atoms with Crippen LogP contribution in [0.4, 0.5) is 10.5 Å². The summed E-state index contributed by atoms with van der Waals surface area (Å²) in [6, 6.07) is 17.7. The third kappa shape index (κ3) is 3.58. The maximum atomic E-state index is 12.2. The molecule has 0 bridgehead atoms. The molecular weight excluding hydrogens is 302 g/mol. The molecule has 2 aromatic carbocycles. The van der Waals surface area contributed by atoms with Gasteiger partial charge in [0.15, 0.2) is 0 Å². The number of methoxy groups -OCH3 is 1. The number of hydrogen-bond acceptors (Lipinski definition) is 2. The lowest BCUT2D eigenvalue weighted by Gasteiger charge is -2.09. The first-order chi connectivity index (χ1) is 11.8. The average molecular weight is 323 g/mol. The SMILES string of the molecule is COCCCNC(=O)Nc1c(-c2ccccc2)[nH]c2ccccc12. The van der Waals surface area contributed by atoms with Crippen molar-refractivity contribution in [3.05, 3.63) is 54.6 Å². The normalized spacial score (nSPS) is 10.7. The summed E-state index contributed by atoms with van der Waals surface area (Å²) in [7, 11) is 1.65. The lowest BCUT2D eigenvalue weighted by atomic mass is 10.1. The van der Waals surface area contributed by atoms with Gasteiger partial charge in [-0.2, -0.15) is 0 Å². The van der Waals surface area contributed by atoms with Gasteiger partial charge in [0.05, 0.1) is 11.4 Å². The first-order valence-electron chi connectivity index (χ1n) is 7.99. The number of nitrogens with one attached hydrogen (secondary N) is 3. The van der Waals surface area contributed by atoms with Gasteiger partial charge < -0.3 is 20.4 Å². The molecule has 24 heavy (non-hydrogen) atoms. The fourth-order valence-corrected chi connectivity index (χ4v) is 2.67. The van der Waals surface area contributed by atoms with Gasteiger partial charge in [0.25, 0.3) is 0 Å². The number of hydrogen-bond donors (Lipinski definition) is 3. The highest BCUT2D eigenvalue weighted by molar-refractivity contribution is 6.07. The monoisotopic (exact) mass is 323 g/mol. The number of aromatic amines is 1. The van der Waals surface area contributed by atoms with E-state index in [1.807, 2.05) is 54.6 Å². The highest BCUT2D eigenvalue weighted by Gasteiger charge is 2.14. The van der Waals surface area contributed by atoms with Gasteiger partial charge in [-0.25, -0.2) is 4.79 Å². The molecule has 0 aliphatic rings. The van der Waals surface area contributed by atoms with Crippen LogP contribution < -0.4 is 10.6 Å². The van der Waals surface area contributed by atoms with Crippen LogP contribution in [0.5, 0.6) is 0 Å². The van der Waals surface area contributed by atoms with Crippen LogP contribution in [0.1, 0.15) is 6.42 Å². The Hall–Kier alpha value is -2.79. The minimum absolute atomic E-state index is 0.215. The fourth-order valence-electron chi connectivity index (χ4n) is 2.67. The van der Waals surface area contributed by atoms with Gasteiger partial charge in [-0.1, -0.05) is 48.5 Å². The van der Waals surface area contributed by atoms with E-state index in [1.54, 1.807) is 7.11 Å². The topological polar surface area (TPSA) is 66.2 Å². The maximum Gasteiger partial charge on any atom is 0.319 e. The third-order valence-electron chi connectivity index (χ3n) is 3.82. The maximum absolute atomic E-state index is 12.2. The van der Waals surface area contributed by atoms with Crippen molar-refractivity contribution in [2.45, 2.75) is 6.42 Å². The van der Waals surface area contributed by atoms with Crippen molar-refractivity contribution in [3.8, 4) is 11.3 Å². The summed E-state index contributed by atoms with van der Waals surface area (Å²) in [4.78, 5) is 15.6. The lowest BCUT2D eigenvalue weighted by Crippen LogP contribution is -2.30. The number of amides is 2. The van der Waals surface area contributed by atoms with E-state index < -0.39 is 0 Å². The predicted molar refractivity (Wildman–Crippen MR) is 97.2 cm³/mol. The number of fused-ring (bicyclic) bond motifs is 1. The zero-order chi connectivity index (χ0) is 16.8. The van der Waals surface area contributed by atoms with E-state index >= 15 is 0 Å². The summed E-state index contributed by atoms with van der Waals surface area (Å²) in [5.41, 5.74) is 3.72. The number of para-hydroxylation sites is 1. The van der Waals surface area contributed by atoms with E-state index in [0.29, 0.717) is 13.2 Å². The number of rotatable bonds is 6. The molecule has 0 saturated carbocycles. The van der Waals surface area contributed by atoms with Crippen LogP contribution in [0.3, 0.4) is 0 Å². The van der Waals surface area contributed by atoms with Gasteiger partial charge >= 0.3 is 6.03 Å². The van der Waals surface area contributed by atoms with Crippen LogP contribution in [0, 0.1) is 0 Å². The molecule has 3 N–H and O–H groups in total. The Bertz CT molecular complexity index is 812. The summed E-state index contributed by atoms with van der Waals surface area (Å²) < 4.78 is 4.99. The average Bonchev–Trinajstić information content (AvgIpc) is 2.98. The van der Waals surface area contributed by atoms with Gasteiger partial charge in [-0.05, 0) is 12.5 Å². The summed E-state index contributed by atoms with van der Waals surface area (Å²) in [6.07, 6.45) is 0.781. The summed E-state index contributed by atoms with van der Waals surface area (Å²) in [6.45, 7) is 1.20. The number of carbonyl (C=O) groups excluding carboxylic acids is 1. The Kier molecular flexibility index (Phi) is 5.13. The molecule has 124 valence electrons. The first-order valence-corrected chi connectivity index (χ1v) is 7.99. The number of H-pyrrole nitrogens is 1. The zero-order valence-corrected chi connectivity index (χ0v) is 13.6. The molecule has 0 unspecified atom stereocenters. The Labute approximate surface area is 141 Å². The lowest BCUT2D eigenvalue weighted by molar-refractivity contribution is 0.194. The van der Waals surface area contributed by atoms with Crippen LogP contribution >= 0.6 is 0 Å². The number of benzene rings is 2. The molecule has 0 spiro atoms. The largest absolute Gasteiger partial charge is 0.385 e. The van der Waals surface area contributed by atoms with E-state index in [0.717, 1.165) is 34.3 Å². The summed E-state index contributed by atoms with van der Waals surface area (Å²) >= 11 is 0. The Morgan fingerprint density at radius 2 is 1.83 bits per heavy atom. The Morgan fingerprint density at radius 1 is 1.08 bits per heavy atom. The molecule has 0 aliphatic carbocycles. The van der Waals surface area contributed by atoms with Crippen LogP contribution in [-0.2, 0) is 4.74 Å². The number of carbonyl (C=O) groups is 1. The molecule has 5 nitrogen and oxygen atoms in total. The predicted octanol–water partition coefficient (Wildman–Crippen LogP) is 3.99. The van der Waals surface area contributed by atoms with Crippen molar-refractivity contribution in [1.82, 2.24) is 10.3 Å². The van der Waals surface area contributed by atoms with Crippen molar-refractivity contribution >= 4 is 22.6 Å². The van der Waals surface area contributed by atoms with Crippen LogP contribution in [0.2, 0.25) is 0 Å². The van der Waals surface area contributed by atoms with Crippen molar-refractivity contribution in [3.63, 3.8) is 0 Å². The summed E-state index contributed by atoms with van der Waals surface area (Å²) in [5.74, 6) is 0. The smallest absolute Gasteiger partial charge is 0.319 e. The number of aromatic nitrogens is 1. The van der Waals surface area contributed by atoms with Crippen LogP contribution in [0.15, 0.2) is 54.6 Å². The Balaban J connectivity index is 1.87. The molecule has 0 radical (unpaired) electrons. The van der Waals surface area contributed by atoms with Crippen molar-refractivity contribution in [2.75, 3.05) is 25.6 Å². The van der Waals surface area contributed by atoms with Gasteiger partial charge in [0.2, 0.25) is 0 Å². The van der Waals surface area contributed by atoms with Crippen molar-refractivity contribution in [2.24, 2.45) is 0 Å². The number of ether oxygens (including phenoxy) is 1. The molecule has 0 aliphatic heterocycles. The van der Waals surface area contributed by atoms with E-state index in [9.17, 15) is 4.79 Å². The van der Waals surface area contributed by atoms with E-state index in [1.165, 1.54) is 0 Å².